The van der Waals surface area contributed by atoms with Gasteiger partial charge in [-0.05, 0) is 28.7 Å². The summed E-state index contributed by atoms with van der Waals surface area (Å²) in [6.07, 6.45) is -8.82. The summed E-state index contributed by atoms with van der Waals surface area (Å²) in [7, 11) is 0. The van der Waals surface area contributed by atoms with E-state index >= 15 is 0 Å². The van der Waals surface area contributed by atoms with Crippen molar-refractivity contribution in [1.29, 1.82) is 0 Å². The van der Waals surface area contributed by atoms with E-state index in [9.17, 15) is 36.5 Å². The molecule has 1 heterocycles. The molecule has 0 amide bonds. The molecule has 2 aromatic rings. The smallest absolute Gasteiger partial charge is 0.358 e. The Morgan fingerprint density at radius 1 is 1.04 bits per heavy atom. The maximum Gasteiger partial charge on any atom is 0.416 e. The zero-order valence-corrected chi connectivity index (χ0v) is 11.0. The molecule has 0 fully saturated rings. The first-order valence-electron chi connectivity index (χ1n) is 5.93. The molecule has 0 aliphatic rings. The van der Waals surface area contributed by atoms with Crippen molar-refractivity contribution >= 4 is 5.82 Å². The van der Waals surface area contributed by atoms with Gasteiger partial charge in [0.15, 0.2) is 0 Å². The van der Waals surface area contributed by atoms with E-state index in [0.717, 1.165) is 16.9 Å². The maximum atomic E-state index is 12.7. The van der Waals surface area contributed by atoms with Crippen molar-refractivity contribution in [2.24, 2.45) is 0 Å². The van der Waals surface area contributed by atoms with Crippen LogP contribution in [0.2, 0.25) is 0 Å². The van der Waals surface area contributed by atoms with Crippen LogP contribution in [-0.2, 0) is 18.9 Å². The Morgan fingerprint density at radius 2 is 1.57 bits per heavy atom. The molecule has 5 nitrogen and oxygen atoms in total. The second-order valence-corrected chi connectivity index (χ2v) is 4.54. The van der Waals surface area contributed by atoms with Crippen LogP contribution in [0, 0.1) is 10.1 Å². The number of hydrogen-bond donors (Lipinski definition) is 0. The zero-order valence-electron chi connectivity index (χ0n) is 11.0. The molecular weight excluding hydrogens is 332 g/mol. The molecular formula is C12H7F6N3O2. The van der Waals surface area contributed by atoms with Crippen LogP contribution in [0.15, 0.2) is 30.5 Å². The van der Waals surface area contributed by atoms with Crippen molar-refractivity contribution in [3.05, 3.63) is 57.3 Å². The fraction of sp³-hybridized carbons (Fsp3) is 0.250. The number of nitrogens with zero attached hydrogens (tertiary/aromatic N) is 3. The maximum absolute atomic E-state index is 12.7. The van der Waals surface area contributed by atoms with E-state index in [-0.39, 0.29) is 11.6 Å². The van der Waals surface area contributed by atoms with Gasteiger partial charge in [0.25, 0.3) is 0 Å². The molecule has 0 saturated carbocycles. The minimum absolute atomic E-state index is 0.00897. The van der Waals surface area contributed by atoms with Crippen LogP contribution in [0.25, 0.3) is 0 Å². The molecule has 1 aromatic carbocycles. The number of alkyl halides is 6. The Bertz CT molecular complexity index is 703. The molecule has 0 saturated heterocycles. The van der Waals surface area contributed by atoms with Crippen LogP contribution >= 0.6 is 0 Å². The summed E-state index contributed by atoms with van der Waals surface area (Å²) in [6.45, 7) is -0.471. The van der Waals surface area contributed by atoms with Crippen LogP contribution in [0.1, 0.15) is 16.7 Å². The Hall–Kier alpha value is -2.59. The van der Waals surface area contributed by atoms with E-state index in [2.05, 4.69) is 5.10 Å². The van der Waals surface area contributed by atoms with Crippen LogP contribution in [0.3, 0.4) is 0 Å². The third-order valence-corrected chi connectivity index (χ3v) is 2.81. The third-order valence-electron chi connectivity index (χ3n) is 2.81. The van der Waals surface area contributed by atoms with Crippen LogP contribution in [-0.4, -0.2) is 14.7 Å². The van der Waals surface area contributed by atoms with E-state index in [1.54, 1.807) is 0 Å². The number of nitro groups is 1. The van der Waals surface area contributed by atoms with Gasteiger partial charge in [-0.1, -0.05) is 0 Å². The van der Waals surface area contributed by atoms with Crippen molar-refractivity contribution in [2.45, 2.75) is 18.9 Å². The first kappa shape index (κ1) is 16.8. The van der Waals surface area contributed by atoms with Crippen molar-refractivity contribution in [1.82, 2.24) is 9.78 Å². The number of rotatable bonds is 3. The highest BCUT2D eigenvalue weighted by Crippen LogP contribution is 2.36. The number of benzene rings is 1. The predicted molar refractivity (Wildman–Crippen MR) is 64.4 cm³/mol. The van der Waals surface area contributed by atoms with Gasteiger partial charge in [-0.15, -0.1) is 0 Å². The number of aromatic nitrogens is 2. The van der Waals surface area contributed by atoms with Gasteiger partial charge in [0.1, 0.15) is 0 Å². The van der Waals surface area contributed by atoms with Crippen molar-refractivity contribution in [3.8, 4) is 0 Å². The lowest BCUT2D eigenvalue weighted by atomic mass is 10.0. The lowest BCUT2D eigenvalue weighted by molar-refractivity contribution is -0.389. The quantitative estimate of drug-likeness (QED) is 0.484. The van der Waals surface area contributed by atoms with E-state index in [0.29, 0.717) is 12.1 Å². The Kier molecular flexibility index (Phi) is 4.05. The van der Waals surface area contributed by atoms with Gasteiger partial charge in [-0.2, -0.15) is 31.0 Å². The summed E-state index contributed by atoms with van der Waals surface area (Å²) in [5.74, 6) is -0.562. The van der Waals surface area contributed by atoms with E-state index in [1.807, 2.05) is 0 Å². The lowest BCUT2D eigenvalue weighted by Gasteiger charge is -2.13. The van der Waals surface area contributed by atoms with Gasteiger partial charge in [0.2, 0.25) is 0 Å². The van der Waals surface area contributed by atoms with Gasteiger partial charge in [0, 0.05) is 0 Å². The van der Waals surface area contributed by atoms with E-state index in [1.165, 1.54) is 0 Å². The fourth-order valence-electron chi connectivity index (χ4n) is 1.83. The summed E-state index contributed by atoms with van der Waals surface area (Å²) < 4.78 is 77.1. The number of hydrogen-bond acceptors (Lipinski definition) is 3. The molecule has 0 spiro atoms. The predicted octanol–water partition coefficient (Wildman–Crippen LogP) is 3.88. The molecule has 0 bridgehead atoms. The minimum Gasteiger partial charge on any atom is -0.358 e. The Labute approximate surface area is 124 Å². The van der Waals surface area contributed by atoms with Crippen LogP contribution in [0.5, 0.6) is 0 Å². The monoisotopic (exact) mass is 339 g/mol. The molecule has 2 rings (SSSR count). The topological polar surface area (TPSA) is 61.0 Å². The van der Waals surface area contributed by atoms with Crippen molar-refractivity contribution in [2.75, 3.05) is 0 Å². The second-order valence-electron chi connectivity index (χ2n) is 4.54. The summed E-state index contributed by atoms with van der Waals surface area (Å²) in [4.78, 5) is 9.64. The Balaban J connectivity index is 2.42. The second kappa shape index (κ2) is 5.56. The first-order valence-corrected chi connectivity index (χ1v) is 5.93. The highest BCUT2D eigenvalue weighted by Gasteiger charge is 2.36. The highest BCUT2D eigenvalue weighted by molar-refractivity contribution is 5.34. The molecule has 0 aliphatic carbocycles. The van der Waals surface area contributed by atoms with Gasteiger partial charge in [-0.3, -0.25) is 0 Å². The summed E-state index contributed by atoms with van der Waals surface area (Å²) in [6, 6.07) is 2.08. The largest absolute Gasteiger partial charge is 0.416 e. The summed E-state index contributed by atoms with van der Waals surface area (Å²) in [5, 5.41) is 13.9. The van der Waals surface area contributed by atoms with E-state index in [4.69, 9.17) is 0 Å². The molecule has 0 unspecified atom stereocenters. The minimum atomic E-state index is -4.95. The molecule has 0 radical (unpaired) electrons. The molecule has 0 aliphatic heterocycles. The first-order chi connectivity index (χ1) is 10.5. The molecule has 23 heavy (non-hydrogen) atoms. The normalized spacial score (nSPS) is 12.4. The molecule has 0 N–H and O–H groups in total. The zero-order chi connectivity index (χ0) is 17.4. The molecule has 124 valence electrons. The number of halogens is 6. The standard InChI is InChI=1S/C12H7F6N3O2/c13-11(14,15)8-3-7(4-9(5-8)12(16,17)18)6-20-2-1-10(19-20)21(22)23/h1-5H,6H2. The van der Waals surface area contributed by atoms with Crippen LogP contribution < -0.4 is 0 Å². The van der Waals surface area contributed by atoms with Crippen molar-refractivity contribution < 1.29 is 31.3 Å². The van der Waals surface area contributed by atoms with Gasteiger partial charge in [0.05, 0.1) is 35.0 Å². The molecule has 11 heteroatoms. The summed E-state index contributed by atoms with van der Waals surface area (Å²) in [5.41, 5.74) is -3.24. The van der Waals surface area contributed by atoms with Gasteiger partial charge in [-0.25, -0.2) is 0 Å². The van der Waals surface area contributed by atoms with Crippen LogP contribution in [0.4, 0.5) is 32.2 Å². The summed E-state index contributed by atoms with van der Waals surface area (Å²) >= 11 is 0. The average Bonchev–Trinajstić information content (AvgIpc) is 2.85. The highest BCUT2D eigenvalue weighted by atomic mass is 19.4. The molecule has 0 atom stereocenters. The SMILES string of the molecule is O=[N+]([O-])c1ccn(Cc2cc(C(F)(F)F)cc(C(F)(F)F)c2)n1. The fourth-order valence-corrected chi connectivity index (χ4v) is 1.83. The Morgan fingerprint density at radius 3 is 1.96 bits per heavy atom. The molecule has 1 aromatic heterocycles. The lowest BCUT2D eigenvalue weighted by Crippen LogP contribution is -2.13. The van der Waals surface area contributed by atoms with Gasteiger partial charge >= 0.3 is 18.2 Å². The average molecular weight is 339 g/mol. The third kappa shape index (κ3) is 3.99. The van der Waals surface area contributed by atoms with Crippen molar-refractivity contribution in [3.63, 3.8) is 0 Å². The van der Waals surface area contributed by atoms with E-state index < -0.39 is 40.8 Å². The van der Waals surface area contributed by atoms with Gasteiger partial charge < -0.3 is 10.1 Å².